The topological polar surface area (TPSA) is 101 Å². The maximum atomic E-state index is 11.8. The number of benzene rings is 2. The first-order valence-electron chi connectivity index (χ1n) is 14.4. The zero-order valence-corrected chi connectivity index (χ0v) is 26.3. The number of hydrogen-bond acceptors (Lipinski definition) is 9. The molecular weight excluding hydrogens is 601 g/mol. The van der Waals surface area contributed by atoms with Crippen molar-refractivity contribution in [1.29, 1.82) is 0 Å². The van der Waals surface area contributed by atoms with Crippen molar-refractivity contribution in [2.75, 3.05) is 40.4 Å². The van der Waals surface area contributed by atoms with E-state index in [-0.39, 0.29) is 11.9 Å². The number of halogens is 2. The number of aliphatic hydroxyl groups excluding tert-OH is 1. The van der Waals surface area contributed by atoms with Crippen LogP contribution in [0.25, 0.3) is 33.6 Å². The predicted octanol–water partition coefficient (Wildman–Crippen LogP) is 5.32. The van der Waals surface area contributed by atoms with Crippen LogP contribution in [0.1, 0.15) is 23.7 Å². The van der Waals surface area contributed by atoms with Crippen LogP contribution in [0.4, 0.5) is 0 Å². The summed E-state index contributed by atoms with van der Waals surface area (Å²) >= 11 is 14.1. The van der Waals surface area contributed by atoms with Crippen LogP contribution in [0.3, 0.4) is 0 Å². The lowest BCUT2D eigenvalue weighted by Crippen LogP contribution is -2.50. The van der Waals surface area contributed by atoms with Gasteiger partial charge in [-0.1, -0.05) is 59.6 Å². The molecule has 9 nitrogen and oxygen atoms in total. The van der Waals surface area contributed by atoms with Gasteiger partial charge in [-0.2, -0.15) is 0 Å². The largest absolute Gasteiger partial charge is 0.481 e. The molecule has 0 unspecified atom stereocenters. The summed E-state index contributed by atoms with van der Waals surface area (Å²) in [7, 11) is 3.19. The van der Waals surface area contributed by atoms with Gasteiger partial charge in [-0.15, -0.1) is 0 Å². The number of nitrogens with zero attached hydrogens (tertiary/aromatic N) is 5. The Balaban J connectivity index is 1.35. The minimum Gasteiger partial charge on any atom is -0.481 e. The smallest absolute Gasteiger partial charge is 0.237 e. The van der Waals surface area contributed by atoms with E-state index in [2.05, 4.69) is 14.8 Å². The van der Waals surface area contributed by atoms with Crippen molar-refractivity contribution in [2.24, 2.45) is 0 Å². The van der Waals surface area contributed by atoms with Gasteiger partial charge in [0.1, 0.15) is 11.5 Å². The van der Waals surface area contributed by atoms with E-state index in [1.165, 1.54) is 0 Å². The third-order valence-corrected chi connectivity index (χ3v) is 8.86. The van der Waals surface area contributed by atoms with Gasteiger partial charge in [0.2, 0.25) is 11.8 Å². The summed E-state index contributed by atoms with van der Waals surface area (Å²) in [6.07, 6.45) is 2.15. The summed E-state index contributed by atoms with van der Waals surface area (Å²) in [4.78, 5) is 30.2. The van der Waals surface area contributed by atoms with E-state index in [1.54, 1.807) is 27.3 Å². The highest BCUT2D eigenvalue weighted by Crippen LogP contribution is 2.43. The number of β-amino-alcohol motifs (C(OH)–C–C–N with tert-alkyl or cyclic N) is 1. The van der Waals surface area contributed by atoms with Crippen molar-refractivity contribution < 1.29 is 19.4 Å². The maximum Gasteiger partial charge on any atom is 0.237 e. The first kappa shape index (κ1) is 30.4. The third-order valence-electron chi connectivity index (χ3n) is 8.05. The number of fused-ring (bicyclic) bond motifs is 1. The fraction of sp³-hybridized carbons (Fsp3) is 0.333. The number of ketones is 1. The van der Waals surface area contributed by atoms with Crippen LogP contribution in [0.5, 0.6) is 11.8 Å². The van der Waals surface area contributed by atoms with Gasteiger partial charge in [-0.25, -0.2) is 9.97 Å². The molecule has 0 amide bonds. The summed E-state index contributed by atoms with van der Waals surface area (Å²) in [5.41, 5.74) is 7.03. The number of methoxy groups -OCH3 is 2. The van der Waals surface area contributed by atoms with Crippen LogP contribution in [0.15, 0.2) is 48.7 Å². The minimum absolute atomic E-state index is 0.136. The van der Waals surface area contributed by atoms with E-state index in [0.29, 0.717) is 77.2 Å². The van der Waals surface area contributed by atoms with Crippen LogP contribution in [0.2, 0.25) is 10.0 Å². The molecule has 2 aliphatic heterocycles. The zero-order valence-electron chi connectivity index (χ0n) is 24.8. The SMILES string of the molecule is COc1nc(-c2cccc(-c3cccc(-c4cc5c(c(OC)n4)CCN(CC(C)=O)C5)c3Cl)c2Cl)cnc1CN1CC(O)C1. The molecule has 2 aromatic carbocycles. The number of pyridine rings is 1. The van der Waals surface area contributed by atoms with Crippen molar-refractivity contribution >= 4 is 29.0 Å². The molecule has 0 spiro atoms. The summed E-state index contributed by atoms with van der Waals surface area (Å²) < 4.78 is 11.3. The first-order valence-corrected chi connectivity index (χ1v) is 15.2. The molecule has 0 bridgehead atoms. The Morgan fingerprint density at radius 2 is 1.55 bits per heavy atom. The second-order valence-corrected chi connectivity index (χ2v) is 12.0. The van der Waals surface area contributed by atoms with Gasteiger partial charge in [0.15, 0.2) is 0 Å². The second-order valence-electron chi connectivity index (χ2n) is 11.2. The lowest BCUT2D eigenvalue weighted by Gasteiger charge is -2.35. The van der Waals surface area contributed by atoms with Gasteiger partial charge in [0, 0.05) is 60.5 Å². The van der Waals surface area contributed by atoms with Gasteiger partial charge in [-0.3, -0.25) is 19.6 Å². The molecule has 0 saturated carbocycles. The van der Waals surface area contributed by atoms with Gasteiger partial charge in [0.25, 0.3) is 0 Å². The van der Waals surface area contributed by atoms with Crippen LogP contribution in [-0.2, 0) is 24.3 Å². The Bertz CT molecular complexity index is 1730. The normalized spacial score (nSPS) is 15.5. The minimum atomic E-state index is -0.298. The average Bonchev–Trinajstić information content (AvgIpc) is 3.00. The molecule has 11 heteroatoms. The van der Waals surface area contributed by atoms with Gasteiger partial charge in [-0.05, 0) is 25.0 Å². The molecular formula is C33H33Cl2N5O4. The Morgan fingerprint density at radius 1 is 0.932 bits per heavy atom. The van der Waals surface area contributed by atoms with E-state index >= 15 is 0 Å². The number of hydrogen-bond donors (Lipinski definition) is 1. The van der Waals surface area contributed by atoms with E-state index in [4.69, 9.17) is 42.6 Å². The molecule has 0 atom stereocenters. The molecule has 4 aromatic rings. The van der Waals surface area contributed by atoms with E-state index in [0.717, 1.165) is 40.8 Å². The number of likely N-dealkylation sites (tertiary alicyclic amines) is 1. The Hall–Kier alpha value is -3.60. The standard InChI is InChI=1S/C33H33Cl2N5O4/c1-19(41)14-39-11-10-22-20(15-39)12-27(37-32(22)43-2)25-8-4-6-23(30(25)34)24-7-5-9-26(31(24)35)28-13-36-29(33(38-28)44-3)18-40-16-21(42)17-40/h4-9,12-13,21,42H,10-11,14-18H2,1-3H3. The van der Waals surface area contributed by atoms with E-state index in [1.807, 2.05) is 42.5 Å². The molecule has 6 rings (SSSR count). The Kier molecular flexibility index (Phi) is 8.84. The molecule has 2 aromatic heterocycles. The van der Waals surface area contributed by atoms with Crippen LogP contribution >= 0.6 is 23.2 Å². The van der Waals surface area contributed by atoms with Gasteiger partial charge < -0.3 is 14.6 Å². The zero-order chi connectivity index (χ0) is 31.0. The number of rotatable bonds is 9. The highest BCUT2D eigenvalue weighted by Gasteiger charge is 2.27. The van der Waals surface area contributed by atoms with Crippen molar-refractivity contribution in [3.05, 3.63) is 75.5 Å². The number of ether oxygens (including phenoxy) is 2. The average molecular weight is 635 g/mol. The molecule has 0 radical (unpaired) electrons. The van der Waals surface area contributed by atoms with Crippen molar-refractivity contribution in [1.82, 2.24) is 24.8 Å². The highest BCUT2D eigenvalue weighted by atomic mass is 35.5. The van der Waals surface area contributed by atoms with Gasteiger partial charge in [0.05, 0.1) is 54.5 Å². The van der Waals surface area contributed by atoms with Gasteiger partial charge >= 0.3 is 0 Å². The summed E-state index contributed by atoms with van der Waals surface area (Å²) in [5.74, 6) is 1.12. The van der Waals surface area contributed by atoms with Crippen LogP contribution in [-0.4, -0.2) is 82.1 Å². The molecule has 4 heterocycles. The lowest BCUT2D eigenvalue weighted by molar-refractivity contribution is -0.118. The predicted molar refractivity (Wildman–Crippen MR) is 170 cm³/mol. The summed E-state index contributed by atoms with van der Waals surface area (Å²) in [6.45, 7) is 5.18. The molecule has 44 heavy (non-hydrogen) atoms. The van der Waals surface area contributed by atoms with Crippen molar-refractivity contribution in [2.45, 2.75) is 32.5 Å². The van der Waals surface area contributed by atoms with Crippen LogP contribution < -0.4 is 9.47 Å². The summed E-state index contributed by atoms with van der Waals surface area (Å²) in [6, 6.07) is 13.6. The molecule has 0 aliphatic carbocycles. The van der Waals surface area contributed by atoms with E-state index < -0.39 is 0 Å². The monoisotopic (exact) mass is 633 g/mol. The Morgan fingerprint density at radius 3 is 2.16 bits per heavy atom. The number of carbonyl (C=O) groups is 1. The fourth-order valence-electron chi connectivity index (χ4n) is 5.91. The first-order chi connectivity index (χ1) is 21.2. The fourth-order valence-corrected chi connectivity index (χ4v) is 6.56. The number of aliphatic hydroxyl groups is 1. The molecule has 228 valence electrons. The number of aromatic nitrogens is 3. The molecule has 1 saturated heterocycles. The summed E-state index contributed by atoms with van der Waals surface area (Å²) in [5, 5.41) is 10.6. The van der Waals surface area contributed by atoms with Crippen molar-refractivity contribution in [3.63, 3.8) is 0 Å². The number of Topliss-reactive ketones (excluding diaryl/α,β-unsaturated/α-hetero) is 1. The molecule has 1 fully saturated rings. The third kappa shape index (κ3) is 6.03. The number of carbonyl (C=O) groups excluding carboxylic acids is 1. The van der Waals surface area contributed by atoms with Crippen LogP contribution in [0, 0.1) is 0 Å². The Labute approximate surface area is 266 Å². The molecule has 1 N–H and O–H groups in total. The maximum absolute atomic E-state index is 11.8. The van der Waals surface area contributed by atoms with Crippen molar-refractivity contribution in [3.8, 4) is 45.4 Å². The lowest BCUT2D eigenvalue weighted by atomic mass is 9.96. The second kappa shape index (κ2) is 12.8. The highest BCUT2D eigenvalue weighted by molar-refractivity contribution is 6.39. The van der Waals surface area contributed by atoms with E-state index in [9.17, 15) is 9.90 Å². The quantitative estimate of drug-likeness (QED) is 0.262. The molecule has 2 aliphatic rings.